The molecule has 0 atom stereocenters. The van der Waals surface area contributed by atoms with Gasteiger partial charge in [0.05, 0.1) is 34.6 Å². The van der Waals surface area contributed by atoms with Gasteiger partial charge in [-0.2, -0.15) is 0 Å². The van der Waals surface area contributed by atoms with Crippen LogP contribution in [0.4, 0.5) is 0 Å². The van der Waals surface area contributed by atoms with Gasteiger partial charge in [0.1, 0.15) is 11.8 Å². The Morgan fingerprint density at radius 1 is 0.919 bits per heavy atom. The molecule has 0 spiro atoms. The van der Waals surface area contributed by atoms with Crippen molar-refractivity contribution in [3.63, 3.8) is 0 Å². The minimum Gasteiger partial charge on any atom is -0.458 e. The van der Waals surface area contributed by atoms with E-state index in [9.17, 15) is 4.79 Å². The predicted octanol–water partition coefficient (Wildman–Crippen LogP) is 4.97. The smallest absolute Gasteiger partial charge is 0.357 e. The number of nitrogens with zero attached hydrogens (tertiary/aromatic N) is 4. The molecular weight excluding hydrogens is 464 g/mol. The van der Waals surface area contributed by atoms with Crippen LogP contribution in [0, 0.1) is 6.92 Å². The first-order chi connectivity index (χ1) is 18.1. The molecule has 0 radical (unpaired) electrons. The van der Waals surface area contributed by atoms with Gasteiger partial charge in [-0.3, -0.25) is 9.97 Å². The molecule has 37 heavy (non-hydrogen) atoms. The Morgan fingerprint density at radius 3 is 2.59 bits per heavy atom. The minimum absolute atomic E-state index is 0.0677. The molecule has 1 aliphatic heterocycles. The molecule has 184 valence electrons. The van der Waals surface area contributed by atoms with Gasteiger partial charge in [0.2, 0.25) is 0 Å². The minimum atomic E-state index is -0.388. The zero-order valence-electron chi connectivity index (χ0n) is 20.4. The highest BCUT2D eigenvalue weighted by Gasteiger charge is 2.20. The van der Waals surface area contributed by atoms with E-state index in [4.69, 9.17) is 4.74 Å². The van der Waals surface area contributed by atoms with Crippen LogP contribution in [-0.2, 0) is 4.74 Å². The Labute approximate surface area is 214 Å². The zero-order chi connectivity index (χ0) is 25.2. The van der Waals surface area contributed by atoms with Gasteiger partial charge in [-0.25, -0.2) is 14.8 Å². The number of aromatic amines is 1. The summed E-state index contributed by atoms with van der Waals surface area (Å²) in [6, 6.07) is 19.4. The Hall–Kier alpha value is -4.43. The fraction of sp³-hybridized carbons (Fsp3) is 0.207. The standard InChI is InChI=1S/C29H26N6O2/c1-18-4-2-6-25(34-18)28-27(32-17-33-28)19-8-9-23-20(14-19)15-21(16-31-23)24-5-3-7-26(35-24)29(36)37-22-10-12-30-13-11-22/h2-9,14-17,22,30H,10-13H2,1H3,(H,32,33). The summed E-state index contributed by atoms with van der Waals surface area (Å²) in [4.78, 5) is 34.4. The number of pyridine rings is 3. The van der Waals surface area contributed by atoms with Crippen LogP contribution in [0.15, 0.2) is 73.2 Å². The molecular formula is C29H26N6O2. The van der Waals surface area contributed by atoms with Crippen LogP contribution in [0.1, 0.15) is 29.0 Å². The molecule has 0 saturated carbocycles. The lowest BCUT2D eigenvalue weighted by Crippen LogP contribution is -2.33. The molecule has 5 heterocycles. The monoisotopic (exact) mass is 490 g/mol. The van der Waals surface area contributed by atoms with Crippen LogP contribution in [0.5, 0.6) is 0 Å². The first-order valence-electron chi connectivity index (χ1n) is 12.4. The highest BCUT2D eigenvalue weighted by atomic mass is 16.5. The van der Waals surface area contributed by atoms with E-state index in [0.29, 0.717) is 11.4 Å². The molecule has 0 bridgehead atoms. The van der Waals surface area contributed by atoms with E-state index in [1.165, 1.54) is 0 Å². The summed E-state index contributed by atoms with van der Waals surface area (Å²) in [6.07, 6.45) is 5.04. The van der Waals surface area contributed by atoms with Gasteiger partial charge in [-0.1, -0.05) is 18.2 Å². The summed E-state index contributed by atoms with van der Waals surface area (Å²) in [5, 5.41) is 4.23. The van der Waals surface area contributed by atoms with Crippen LogP contribution in [0.25, 0.3) is 44.8 Å². The summed E-state index contributed by atoms with van der Waals surface area (Å²) in [5.74, 6) is -0.388. The van der Waals surface area contributed by atoms with Gasteiger partial charge in [0.15, 0.2) is 0 Å². The second-order valence-corrected chi connectivity index (χ2v) is 9.18. The molecule has 8 heteroatoms. The van der Waals surface area contributed by atoms with Crippen molar-refractivity contribution in [3.8, 4) is 33.9 Å². The second-order valence-electron chi connectivity index (χ2n) is 9.18. The topological polar surface area (TPSA) is 106 Å². The molecule has 0 unspecified atom stereocenters. The fourth-order valence-corrected chi connectivity index (χ4v) is 4.64. The van der Waals surface area contributed by atoms with Crippen molar-refractivity contribution < 1.29 is 9.53 Å². The maximum absolute atomic E-state index is 12.7. The van der Waals surface area contributed by atoms with Crippen LogP contribution in [0.3, 0.4) is 0 Å². The van der Waals surface area contributed by atoms with Crippen molar-refractivity contribution in [1.29, 1.82) is 0 Å². The number of carbonyl (C=O) groups excluding carboxylic acids is 1. The lowest BCUT2D eigenvalue weighted by Gasteiger charge is -2.22. The maximum Gasteiger partial charge on any atom is 0.357 e. The van der Waals surface area contributed by atoms with E-state index in [-0.39, 0.29) is 12.1 Å². The van der Waals surface area contributed by atoms with E-state index in [1.54, 1.807) is 18.6 Å². The van der Waals surface area contributed by atoms with E-state index >= 15 is 0 Å². The molecule has 1 aliphatic rings. The van der Waals surface area contributed by atoms with Gasteiger partial charge in [0.25, 0.3) is 0 Å². The number of imidazole rings is 1. The van der Waals surface area contributed by atoms with Crippen LogP contribution >= 0.6 is 0 Å². The first kappa shape index (κ1) is 23.0. The fourth-order valence-electron chi connectivity index (χ4n) is 4.64. The van der Waals surface area contributed by atoms with E-state index in [1.807, 2.05) is 55.5 Å². The van der Waals surface area contributed by atoms with Gasteiger partial charge in [-0.15, -0.1) is 0 Å². The number of hydrogen-bond donors (Lipinski definition) is 2. The van der Waals surface area contributed by atoms with Crippen LogP contribution < -0.4 is 5.32 Å². The molecule has 5 aromatic rings. The number of benzene rings is 1. The Kier molecular flexibility index (Phi) is 6.16. The van der Waals surface area contributed by atoms with Gasteiger partial charge >= 0.3 is 5.97 Å². The van der Waals surface area contributed by atoms with Crippen LogP contribution in [-0.4, -0.2) is 50.1 Å². The summed E-state index contributed by atoms with van der Waals surface area (Å²) >= 11 is 0. The third-order valence-electron chi connectivity index (χ3n) is 6.55. The average molecular weight is 491 g/mol. The summed E-state index contributed by atoms with van der Waals surface area (Å²) < 4.78 is 5.68. The van der Waals surface area contributed by atoms with E-state index in [0.717, 1.165) is 70.7 Å². The molecule has 2 N–H and O–H groups in total. The number of rotatable bonds is 5. The van der Waals surface area contributed by atoms with Gasteiger partial charge in [-0.05, 0) is 75.3 Å². The number of aryl methyl sites for hydroxylation is 1. The molecule has 8 nitrogen and oxygen atoms in total. The van der Waals surface area contributed by atoms with Crippen molar-refractivity contribution >= 4 is 16.9 Å². The van der Waals surface area contributed by atoms with Crippen molar-refractivity contribution in [3.05, 3.63) is 84.6 Å². The molecule has 1 aromatic carbocycles. The van der Waals surface area contributed by atoms with Crippen molar-refractivity contribution in [1.82, 2.24) is 30.2 Å². The Bertz CT molecular complexity index is 1590. The Morgan fingerprint density at radius 2 is 1.73 bits per heavy atom. The number of ether oxygens (including phenoxy) is 1. The molecule has 4 aromatic heterocycles. The molecule has 1 saturated heterocycles. The third kappa shape index (κ3) is 4.83. The van der Waals surface area contributed by atoms with Crippen LogP contribution in [0.2, 0.25) is 0 Å². The average Bonchev–Trinajstić information content (AvgIpc) is 3.43. The number of fused-ring (bicyclic) bond motifs is 1. The van der Waals surface area contributed by atoms with E-state index in [2.05, 4.69) is 36.3 Å². The van der Waals surface area contributed by atoms with E-state index < -0.39 is 0 Å². The summed E-state index contributed by atoms with van der Waals surface area (Å²) in [7, 11) is 0. The SMILES string of the molecule is Cc1cccc(-c2[nH]cnc2-c2ccc3ncc(-c4cccc(C(=O)OC5CCNCC5)n4)cc3c2)n1. The van der Waals surface area contributed by atoms with Gasteiger partial charge < -0.3 is 15.0 Å². The summed E-state index contributed by atoms with van der Waals surface area (Å²) in [5.41, 5.74) is 7.10. The normalized spacial score (nSPS) is 14.1. The van der Waals surface area contributed by atoms with Crippen molar-refractivity contribution in [2.24, 2.45) is 0 Å². The lowest BCUT2D eigenvalue weighted by atomic mass is 10.0. The molecule has 1 fully saturated rings. The maximum atomic E-state index is 12.7. The van der Waals surface area contributed by atoms with Gasteiger partial charge in [0, 0.05) is 28.4 Å². The largest absolute Gasteiger partial charge is 0.458 e. The number of carbonyl (C=O) groups is 1. The zero-order valence-corrected chi connectivity index (χ0v) is 20.4. The number of nitrogens with one attached hydrogen (secondary N) is 2. The summed E-state index contributed by atoms with van der Waals surface area (Å²) in [6.45, 7) is 3.69. The molecule has 0 amide bonds. The number of aromatic nitrogens is 5. The quantitative estimate of drug-likeness (QED) is 0.335. The third-order valence-corrected chi connectivity index (χ3v) is 6.55. The highest BCUT2D eigenvalue weighted by molar-refractivity contribution is 5.90. The Balaban J connectivity index is 1.31. The number of esters is 1. The predicted molar refractivity (Wildman–Crippen MR) is 142 cm³/mol. The lowest BCUT2D eigenvalue weighted by molar-refractivity contribution is 0.0223. The van der Waals surface area contributed by atoms with Crippen molar-refractivity contribution in [2.45, 2.75) is 25.9 Å². The van der Waals surface area contributed by atoms with Crippen molar-refractivity contribution in [2.75, 3.05) is 13.1 Å². The molecule has 6 rings (SSSR count). The molecule has 0 aliphatic carbocycles. The first-order valence-corrected chi connectivity index (χ1v) is 12.4. The number of H-pyrrole nitrogens is 1. The number of piperidine rings is 1. The second kappa shape index (κ2) is 9.91. The highest BCUT2D eigenvalue weighted by Crippen LogP contribution is 2.31. The number of hydrogen-bond acceptors (Lipinski definition) is 7.